The van der Waals surface area contributed by atoms with Crippen LogP contribution < -0.4 is 5.32 Å². The molecule has 1 aromatic rings. The molecule has 0 fully saturated rings. The first-order valence-corrected chi connectivity index (χ1v) is 6.73. The summed E-state index contributed by atoms with van der Waals surface area (Å²) in [6.45, 7) is 6.37. The van der Waals surface area contributed by atoms with Crippen molar-refractivity contribution in [1.82, 2.24) is 15.1 Å². The van der Waals surface area contributed by atoms with Crippen LogP contribution in [0, 0.1) is 13.8 Å². The maximum Gasteiger partial charge on any atom is 0.323 e. The predicted molar refractivity (Wildman–Crippen MR) is 73.7 cm³/mol. The van der Waals surface area contributed by atoms with Crippen molar-refractivity contribution in [2.45, 2.75) is 45.7 Å². The van der Waals surface area contributed by atoms with Crippen LogP contribution in [0.5, 0.6) is 0 Å². The third-order valence-electron chi connectivity index (χ3n) is 3.36. The number of aliphatic carboxylic acids is 1. The van der Waals surface area contributed by atoms with E-state index in [1.807, 2.05) is 18.5 Å². The normalized spacial score (nSPS) is 14.5. The number of halogens is 1. The quantitative estimate of drug-likeness (QED) is 0.843. The van der Waals surface area contributed by atoms with Crippen LogP contribution in [0.3, 0.4) is 0 Å². The van der Waals surface area contributed by atoms with Gasteiger partial charge in [0.15, 0.2) is 0 Å². The highest BCUT2D eigenvalue weighted by Gasteiger charge is 2.30. The van der Waals surface area contributed by atoms with E-state index in [2.05, 4.69) is 26.3 Å². The fourth-order valence-corrected chi connectivity index (χ4v) is 2.10. The Labute approximate surface area is 116 Å². The monoisotopic (exact) mass is 317 g/mol. The first kappa shape index (κ1) is 15.2. The average Bonchev–Trinajstić information content (AvgIpc) is 2.56. The van der Waals surface area contributed by atoms with Crippen LogP contribution in [-0.4, -0.2) is 33.4 Å². The van der Waals surface area contributed by atoms with Crippen molar-refractivity contribution in [2.75, 3.05) is 7.05 Å². The number of aromatic nitrogens is 2. The molecule has 5 nitrogen and oxygen atoms in total. The number of likely N-dealkylation sites (N-methyl/N-ethyl adjacent to an activating group) is 1. The van der Waals surface area contributed by atoms with Gasteiger partial charge < -0.3 is 10.4 Å². The van der Waals surface area contributed by atoms with Crippen molar-refractivity contribution in [3.63, 3.8) is 0 Å². The topological polar surface area (TPSA) is 67.2 Å². The number of hydrogen-bond acceptors (Lipinski definition) is 3. The van der Waals surface area contributed by atoms with Crippen LogP contribution in [0.2, 0.25) is 0 Å². The highest BCUT2D eigenvalue weighted by molar-refractivity contribution is 9.10. The number of aryl methyl sites for hydroxylation is 2. The molecule has 1 heterocycles. The van der Waals surface area contributed by atoms with E-state index in [0.29, 0.717) is 6.42 Å². The Morgan fingerprint density at radius 3 is 2.56 bits per heavy atom. The van der Waals surface area contributed by atoms with Gasteiger partial charge in [-0.2, -0.15) is 5.10 Å². The summed E-state index contributed by atoms with van der Waals surface area (Å²) >= 11 is 3.48. The minimum atomic E-state index is -0.868. The fraction of sp³-hybridized carbons (Fsp3) is 0.667. The molecule has 0 bridgehead atoms. The van der Waals surface area contributed by atoms with Gasteiger partial charge in [-0.25, -0.2) is 0 Å². The molecule has 6 heteroatoms. The minimum Gasteiger partial charge on any atom is -0.480 e. The molecule has 0 amide bonds. The molecule has 1 rings (SSSR count). The van der Waals surface area contributed by atoms with Crippen molar-refractivity contribution in [2.24, 2.45) is 0 Å². The Balaban J connectivity index is 2.61. The Morgan fingerprint density at radius 1 is 1.56 bits per heavy atom. The van der Waals surface area contributed by atoms with Crippen LogP contribution in [-0.2, 0) is 11.3 Å². The zero-order valence-corrected chi connectivity index (χ0v) is 12.8. The van der Waals surface area contributed by atoms with Gasteiger partial charge in [0.1, 0.15) is 5.54 Å². The average molecular weight is 318 g/mol. The largest absolute Gasteiger partial charge is 0.480 e. The predicted octanol–water partition coefficient (Wildman–Crippen LogP) is 2.11. The van der Waals surface area contributed by atoms with E-state index in [0.717, 1.165) is 28.8 Å². The van der Waals surface area contributed by atoms with Crippen molar-refractivity contribution < 1.29 is 9.90 Å². The molecule has 0 aliphatic rings. The molecule has 1 atom stereocenters. The number of nitrogens with zero attached hydrogens (tertiary/aromatic N) is 2. The summed E-state index contributed by atoms with van der Waals surface area (Å²) < 4.78 is 2.94. The molecule has 18 heavy (non-hydrogen) atoms. The van der Waals surface area contributed by atoms with E-state index >= 15 is 0 Å². The number of rotatable bonds is 6. The molecule has 0 saturated carbocycles. The number of hydrogen-bond donors (Lipinski definition) is 2. The highest BCUT2D eigenvalue weighted by Crippen LogP contribution is 2.21. The van der Waals surface area contributed by atoms with Crippen LogP contribution in [0.25, 0.3) is 0 Å². The second-order valence-corrected chi connectivity index (χ2v) is 5.49. The van der Waals surface area contributed by atoms with Crippen LogP contribution in [0.4, 0.5) is 0 Å². The van der Waals surface area contributed by atoms with E-state index in [-0.39, 0.29) is 0 Å². The SMILES string of the molecule is CNC(C)(CCCn1nc(C)c(Br)c1C)C(=O)O. The molecule has 0 aliphatic heterocycles. The molecular formula is C12H20BrN3O2. The molecular weight excluding hydrogens is 298 g/mol. The maximum absolute atomic E-state index is 11.1. The summed E-state index contributed by atoms with van der Waals surface area (Å²) in [7, 11) is 1.67. The summed E-state index contributed by atoms with van der Waals surface area (Å²) in [6, 6.07) is 0. The molecule has 0 radical (unpaired) electrons. The molecule has 1 unspecified atom stereocenters. The van der Waals surface area contributed by atoms with Gasteiger partial charge in [-0.1, -0.05) is 0 Å². The van der Waals surface area contributed by atoms with Gasteiger partial charge in [-0.3, -0.25) is 9.48 Å². The van der Waals surface area contributed by atoms with Crippen molar-refractivity contribution >= 4 is 21.9 Å². The highest BCUT2D eigenvalue weighted by atomic mass is 79.9. The Kier molecular flexibility index (Phi) is 4.92. The molecule has 0 aliphatic carbocycles. The Morgan fingerprint density at radius 2 is 2.17 bits per heavy atom. The third kappa shape index (κ3) is 3.11. The Bertz CT molecular complexity index is 445. The van der Waals surface area contributed by atoms with E-state index in [1.165, 1.54) is 0 Å². The minimum absolute atomic E-state index is 0.564. The van der Waals surface area contributed by atoms with Gasteiger partial charge in [0, 0.05) is 12.2 Å². The molecule has 2 N–H and O–H groups in total. The van der Waals surface area contributed by atoms with E-state index in [9.17, 15) is 4.79 Å². The summed E-state index contributed by atoms with van der Waals surface area (Å²) in [4.78, 5) is 11.1. The first-order chi connectivity index (χ1) is 8.31. The molecule has 0 spiro atoms. The molecule has 102 valence electrons. The van der Waals surface area contributed by atoms with Gasteiger partial charge in [0.25, 0.3) is 0 Å². The summed E-state index contributed by atoms with van der Waals surface area (Å²) in [5, 5.41) is 16.4. The van der Waals surface area contributed by atoms with Gasteiger partial charge >= 0.3 is 5.97 Å². The summed E-state index contributed by atoms with van der Waals surface area (Å²) in [5.41, 5.74) is 1.17. The van der Waals surface area contributed by atoms with Crippen LogP contribution in [0.1, 0.15) is 31.2 Å². The first-order valence-electron chi connectivity index (χ1n) is 5.93. The van der Waals surface area contributed by atoms with Crippen molar-refractivity contribution in [3.8, 4) is 0 Å². The lowest BCUT2D eigenvalue weighted by molar-refractivity contribution is -0.144. The smallest absolute Gasteiger partial charge is 0.323 e. The second-order valence-electron chi connectivity index (χ2n) is 4.70. The maximum atomic E-state index is 11.1. The molecule has 1 aromatic heterocycles. The van der Waals surface area contributed by atoms with Crippen molar-refractivity contribution in [3.05, 3.63) is 15.9 Å². The number of carbonyl (C=O) groups is 1. The van der Waals surface area contributed by atoms with Crippen LogP contribution in [0.15, 0.2) is 4.47 Å². The zero-order chi connectivity index (χ0) is 13.9. The zero-order valence-electron chi connectivity index (χ0n) is 11.2. The Hall–Kier alpha value is -0.880. The number of carboxylic acids is 1. The third-order valence-corrected chi connectivity index (χ3v) is 4.51. The van der Waals surface area contributed by atoms with E-state index < -0.39 is 11.5 Å². The summed E-state index contributed by atoms with van der Waals surface area (Å²) in [6.07, 6.45) is 1.33. The van der Waals surface area contributed by atoms with Crippen molar-refractivity contribution in [1.29, 1.82) is 0 Å². The lowest BCUT2D eigenvalue weighted by Crippen LogP contribution is -2.47. The lowest BCUT2D eigenvalue weighted by atomic mass is 9.96. The van der Waals surface area contributed by atoms with Gasteiger partial charge in [-0.05, 0) is 56.6 Å². The van der Waals surface area contributed by atoms with Gasteiger partial charge in [-0.15, -0.1) is 0 Å². The standard InChI is InChI=1S/C12H20BrN3O2/c1-8-10(13)9(2)16(15-8)7-5-6-12(3,14-4)11(17)18/h14H,5-7H2,1-4H3,(H,17,18). The van der Waals surface area contributed by atoms with Crippen LogP contribution >= 0.6 is 15.9 Å². The number of nitrogens with one attached hydrogen (secondary N) is 1. The van der Waals surface area contributed by atoms with Gasteiger partial charge in [0.05, 0.1) is 10.2 Å². The summed E-state index contributed by atoms with van der Waals surface area (Å²) in [5.74, 6) is -0.820. The van der Waals surface area contributed by atoms with E-state index in [1.54, 1.807) is 14.0 Å². The number of carboxylic acid groups (broad SMARTS) is 1. The lowest BCUT2D eigenvalue weighted by Gasteiger charge is -2.24. The second kappa shape index (κ2) is 5.84. The van der Waals surface area contributed by atoms with Gasteiger partial charge in [0.2, 0.25) is 0 Å². The van der Waals surface area contributed by atoms with E-state index in [4.69, 9.17) is 5.11 Å². The molecule has 0 saturated heterocycles. The fourth-order valence-electron chi connectivity index (χ4n) is 1.81. The molecule has 0 aromatic carbocycles.